The average molecular weight is 450 g/mol. The first-order valence-corrected chi connectivity index (χ1v) is 10.5. The average Bonchev–Trinajstić information content (AvgIpc) is 2.73. The summed E-state index contributed by atoms with van der Waals surface area (Å²) in [5.74, 6) is 0.211. The van der Waals surface area contributed by atoms with E-state index in [1.807, 2.05) is 24.8 Å². The van der Waals surface area contributed by atoms with Gasteiger partial charge < -0.3 is 19.9 Å². The van der Waals surface area contributed by atoms with Gasteiger partial charge >= 0.3 is 0 Å². The molecule has 2 aromatic carbocycles. The maximum absolute atomic E-state index is 12.9. The number of methoxy groups -OCH3 is 1. The molecule has 1 fully saturated rings. The van der Waals surface area contributed by atoms with E-state index >= 15 is 0 Å². The molecular formula is C22H25Cl2N3O3. The first-order valence-electron chi connectivity index (χ1n) is 9.79. The van der Waals surface area contributed by atoms with E-state index < -0.39 is 0 Å². The second-order valence-electron chi connectivity index (χ2n) is 7.40. The molecule has 2 amide bonds. The fourth-order valence-corrected chi connectivity index (χ4v) is 3.97. The summed E-state index contributed by atoms with van der Waals surface area (Å²) in [5, 5.41) is 3.91. The van der Waals surface area contributed by atoms with E-state index in [-0.39, 0.29) is 17.7 Å². The lowest BCUT2D eigenvalue weighted by molar-refractivity contribution is -0.134. The van der Waals surface area contributed by atoms with Gasteiger partial charge in [0, 0.05) is 37.1 Å². The largest absolute Gasteiger partial charge is 0.496 e. The van der Waals surface area contributed by atoms with Gasteiger partial charge in [-0.3, -0.25) is 9.59 Å². The van der Waals surface area contributed by atoms with Crippen LogP contribution >= 0.6 is 23.2 Å². The molecule has 1 saturated heterocycles. The summed E-state index contributed by atoms with van der Waals surface area (Å²) in [7, 11) is 1.50. The SMILES string of the molecule is COc1ccc(Cl)cc1C(=O)Nc1cccc(Cl)c1N1CCN(C(=O)C(C)C)CC1. The number of carbonyl (C=O) groups is 2. The molecule has 0 aromatic heterocycles. The second-order valence-corrected chi connectivity index (χ2v) is 8.25. The van der Waals surface area contributed by atoms with E-state index in [4.69, 9.17) is 27.9 Å². The number of nitrogens with zero attached hydrogens (tertiary/aromatic N) is 2. The van der Waals surface area contributed by atoms with E-state index in [1.54, 1.807) is 30.3 Å². The molecule has 8 heteroatoms. The molecule has 30 heavy (non-hydrogen) atoms. The van der Waals surface area contributed by atoms with Crippen LogP contribution < -0.4 is 15.0 Å². The lowest BCUT2D eigenvalue weighted by Gasteiger charge is -2.38. The molecule has 1 N–H and O–H groups in total. The van der Waals surface area contributed by atoms with Gasteiger partial charge in [-0.15, -0.1) is 0 Å². The molecule has 0 unspecified atom stereocenters. The smallest absolute Gasteiger partial charge is 0.259 e. The Labute approximate surface area is 186 Å². The minimum absolute atomic E-state index is 0.0283. The number of nitrogens with one attached hydrogen (secondary N) is 1. The third kappa shape index (κ3) is 4.82. The Bertz CT molecular complexity index is 941. The molecule has 0 atom stereocenters. The van der Waals surface area contributed by atoms with Crippen LogP contribution in [0.25, 0.3) is 0 Å². The number of amides is 2. The topological polar surface area (TPSA) is 61.9 Å². The molecule has 0 saturated carbocycles. The number of rotatable bonds is 5. The molecule has 1 aliphatic heterocycles. The van der Waals surface area contributed by atoms with Crippen molar-refractivity contribution in [3.63, 3.8) is 0 Å². The molecule has 0 spiro atoms. The lowest BCUT2D eigenvalue weighted by Crippen LogP contribution is -2.50. The number of carbonyl (C=O) groups excluding carboxylic acids is 2. The molecular weight excluding hydrogens is 425 g/mol. The Hall–Kier alpha value is -2.44. The number of ether oxygens (including phenoxy) is 1. The third-order valence-electron chi connectivity index (χ3n) is 5.04. The molecule has 160 valence electrons. The van der Waals surface area contributed by atoms with Crippen LogP contribution in [0.4, 0.5) is 11.4 Å². The van der Waals surface area contributed by atoms with Gasteiger partial charge in [-0.2, -0.15) is 0 Å². The van der Waals surface area contributed by atoms with Crippen LogP contribution in [-0.4, -0.2) is 50.0 Å². The van der Waals surface area contributed by atoms with Crippen LogP contribution in [0.1, 0.15) is 24.2 Å². The second kappa shape index (κ2) is 9.58. The number of hydrogen-bond acceptors (Lipinski definition) is 4. The number of benzene rings is 2. The highest BCUT2D eigenvalue weighted by Crippen LogP contribution is 2.35. The van der Waals surface area contributed by atoms with Gasteiger partial charge in [-0.1, -0.05) is 43.1 Å². The van der Waals surface area contributed by atoms with Crippen molar-refractivity contribution < 1.29 is 14.3 Å². The number of halogens is 2. The van der Waals surface area contributed by atoms with Gasteiger partial charge in [0.05, 0.1) is 29.1 Å². The van der Waals surface area contributed by atoms with Crippen molar-refractivity contribution in [1.82, 2.24) is 4.90 Å². The Morgan fingerprint density at radius 3 is 2.40 bits per heavy atom. The highest BCUT2D eigenvalue weighted by atomic mass is 35.5. The van der Waals surface area contributed by atoms with Gasteiger partial charge in [0.15, 0.2) is 0 Å². The molecule has 0 aliphatic carbocycles. The summed E-state index contributed by atoms with van der Waals surface area (Å²) in [5.41, 5.74) is 1.67. The highest BCUT2D eigenvalue weighted by Gasteiger charge is 2.26. The Balaban J connectivity index is 1.82. The Kier molecular flexibility index (Phi) is 7.10. The normalized spacial score (nSPS) is 14.1. The highest BCUT2D eigenvalue weighted by molar-refractivity contribution is 6.34. The van der Waals surface area contributed by atoms with Gasteiger partial charge in [-0.05, 0) is 30.3 Å². The predicted molar refractivity (Wildman–Crippen MR) is 121 cm³/mol. The summed E-state index contributed by atoms with van der Waals surface area (Å²) in [4.78, 5) is 29.2. The monoisotopic (exact) mass is 449 g/mol. The maximum atomic E-state index is 12.9. The van der Waals surface area contributed by atoms with Crippen LogP contribution in [0.15, 0.2) is 36.4 Å². The van der Waals surface area contributed by atoms with E-state index in [0.29, 0.717) is 53.2 Å². The van der Waals surface area contributed by atoms with Crippen LogP contribution in [0.5, 0.6) is 5.75 Å². The first-order chi connectivity index (χ1) is 14.3. The quantitative estimate of drug-likeness (QED) is 0.726. The summed E-state index contributed by atoms with van der Waals surface area (Å²) >= 11 is 12.6. The van der Waals surface area contributed by atoms with E-state index in [9.17, 15) is 9.59 Å². The van der Waals surface area contributed by atoms with Crippen LogP contribution in [0, 0.1) is 5.92 Å². The molecule has 0 radical (unpaired) electrons. The van der Waals surface area contributed by atoms with Crippen LogP contribution in [-0.2, 0) is 4.79 Å². The Morgan fingerprint density at radius 1 is 1.07 bits per heavy atom. The molecule has 0 bridgehead atoms. The fraction of sp³-hybridized carbons (Fsp3) is 0.364. The predicted octanol–water partition coefficient (Wildman–Crippen LogP) is 4.56. The van der Waals surface area contributed by atoms with Gasteiger partial charge in [-0.25, -0.2) is 0 Å². The lowest BCUT2D eigenvalue weighted by atomic mass is 10.1. The van der Waals surface area contributed by atoms with Gasteiger partial charge in [0.1, 0.15) is 5.75 Å². The van der Waals surface area contributed by atoms with Crippen molar-refractivity contribution in [2.24, 2.45) is 5.92 Å². The van der Waals surface area contributed by atoms with E-state index in [2.05, 4.69) is 10.2 Å². The summed E-state index contributed by atoms with van der Waals surface area (Å²) in [6, 6.07) is 10.3. The number of para-hydroxylation sites is 1. The van der Waals surface area contributed by atoms with E-state index in [0.717, 1.165) is 5.69 Å². The number of anilines is 2. The van der Waals surface area contributed by atoms with Crippen LogP contribution in [0.2, 0.25) is 10.0 Å². The fourth-order valence-electron chi connectivity index (χ4n) is 3.50. The molecule has 2 aromatic rings. The summed E-state index contributed by atoms with van der Waals surface area (Å²) in [6.07, 6.45) is 0. The first kappa shape index (κ1) is 22.2. The maximum Gasteiger partial charge on any atom is 0.259 e. The molecule has 1 aliphatic rings. The molecule has 3 rings (SSSR count). The standard InChI is InChI=1S/C22H25Cl2N3O3/c1-14(2)22(29)27-11-9-26(10-12-27)20-17(24)5-4-6-18(20)25-21(28)16-13-15(23)7-8-19(16)30-3/h4-8,13-14H,9-12H2,1-3H3,(H,25,28). The zero-order chi connectivity index (χ0) is 21.8. The zero-order valence-electron chi connectivity index (χ0n) is 17.2. The number of hydrogen-bond donors (Lipinski definition) is 1. The van der Waals surface area contributed by atoms with Crippen molar-refractivity contribution in [3.05, 3.63) is 52.0 Å². The summed E-state index contributed by atoms with van der Waals surface area (Å²) < 4.78 is 5.29. The van der Waals surface area contributed by atoms with Crippen molar-refractivity contribution in [3.8, 4) is 5.75 Å². The van der Waals surface area contributed by atoms with Crippen molar-refractivity contribution in [2.45, 2.75) is 13.8 Å². The van der Waals surface area contributed by atoms with Crippen molar-refractivity contribution >= 4 is 46.4 Å². The van der Waals surface area contributed by atoms with Crippen LogP contribution in [0.3, 0.4) is 0 Å². The zero-order valence-corrected chi connectivity index (χ0v) is 18.8. The van der Waals surface area contributed by atoms with E-state index in [1.165, 1.54) is 7.11 Å². The third-order valence-corrected chi connectivity index (χ3v) is 5.58. The summed E-state index contributed by atoms with van der Waals surface area (Å²) in [6.45, 7) is 6.29. The van der Waals surface area contributed by atoms with Gasteiger partial charge in [0.2, 0.25) is 5.91 Å². The molecule has 1 heterocycles. The van der Waals surface area contributed by atoms with Crippen molar-refractivity contribution in [1.29, 1.82) is 0 Å². The van der Waals surface area contributed by atoms with Crippen molar-refractivity contribution in [2.75, 3.05) is 43.5 Å². The Morgan fingerprint density at radius 2 is 1.77 bits per heavy atom. The number of piperazine rings is 1. The minimum atomic E-state index is -0.341. The minimum Gasteiger partial charge on any atom is -0.496 e. The molecule has 6 nitrogen and oxygen atoms in total. The van der Waals surface area contributed by atoms with Gasteiger partial charge in [0.25, 0.3) is 5.91 Å².